The third-order valence-electron chi connectivity index (χ3n) is 4.84. The summed E-state index contributed by atoms with van der Waals surface area (Å²) in [6, 6.07) is 13.4. The highest BCUT2D eigenvalue weighted by atomic mass is 32.2. The average Bonchev–Trinajstić information content (AvgIpc) is 3.02. The number of rotatable bonds is 3. The highest BCUT2D eigenvalue weighted by Crippen LogP contribution is 2.37. The molecule has 2 N–H and O–H groups in total. The zero-order valence-electron chi connectivity index (χ0n) is 13.8. The second kappa shape index (κ2) is 5.69. The van der Waals surface area contributed by atoms with Crippen LogP contribution in [0.25, 0.3) is 11.0 Å². The van der Waals surface area contributed by atoms with E-state index in [0.29, 0.717) is 11.3 Å². The SMILES string of the molecule is CC1(CO)NCCc2c1oc1cc(S(=O)(=O)c3ccccc3)ccc21. The van der Waals surface area contributed by atoms with E-state index in [1.54, 1.807) is 48.5 Å². The van der Waals surface area contributed by atoms with E-state index in [1.807, 2.05) is 6.92 Å². The third kappa shape index (κ3) is 2.49. The monoisotopic (exact) mass is 357 g/mol. The summed E-state index contributed by atoms with van der Waals surface area (Å²) >= 11 is 0. The van der Waals surface area contributed by atoms with Gasteiger partial charge in [0.1, 0.15) is 11.3 Å². The molecule has 0 radical (unpaired) electrons. The van der Waals surface area contributed by atoms with Gasteiger partial charge in [-0.05, 0) is 37.6 Å². The lowest BCUT2D eigenvalue weighted by atomic mass is 9.90. The predicted octanol–water partition coefficient (Wildman–Crippen LogP) is 2.62. The van der Waals surface area contributed by atoms with Gasteiger partial charge in [0.05, 0.1) is 21.9 Å². The van der Waals surface area contributed by atoms with Crippen molar-refractivity contribution in [2.75, 3.05) is 13.2 Å². The van der Waals surface area contributed by atoms with Gasteiger partial charge < -0.3 is 14.8 Å². The maximum Gasteiger partial charge on any atom is 0.206 e. The Balaban J connectivity index is 1.88. The van der Waals surface area contributed by atoms with Crippen molar-refractivity contribution in [2.24, 2.45) is 0 Å². The number of sulfone groups is 1. The van der Waals surface area contributed by atoms with Gasteiger partial charge in [0.15, 0.2) is 0 Å². The Bertz CT molecular complexity index is 1040. The minimum atomic E-state index is -3.59. The Morgan fingerprint density at radius 2 is 1.92 bits per heavy atom. The van der Waals surface area contributed by atoms with E-state index in [-0.39, 0.29) is 16.4 Å². The fourth-order valence-corrected chi connectivity index (χ4v) is 4.70. The summed E-state index contributed by atoms with van der Waals surface area (Å²) in [5.74, 6) is 0.686. The quantitative estimate of drug-likeness (QED) is 0.753. The van der Waals surface area contributed by atoms with Crippen LogP contribution in [-0.2, 0) is 21.8 Å². The van der Waals surface area contributed by atoms with Gasteiger partial charge in [-0.25, -0.2) is 8.42 Å². The van der Waals surface area contributed by atoms with Gasteiger partial charge in [0, 0.05) is 23.6 Å². The molecular weight excluding hydrogens is 338 g/mol. The number of aliphatic hydroxyl groups is 1. The molecule has 3 aromatic rings. The highest BCUT2D eigenvalue weighted by Gasteiger charge is 2.36. The summed E-state index contributed by atoms with van der Waals surface area (Å²) in [7, 11) is -3.59. The van der Waals surface area contributed by atoms with Gasteiger partial charge in [-0.3, -0.25) is 0 Å². The largest absolute Gasteiger partial charge is 0.459 e. The van der Waals surface area contributed by atoms with Gasteiger partial charge in [-0.2, -0.15) is 0 Å². The molecule has 25 heavy (non-hydrogen) atoms. The molecular formula is C19H19NO4S. The summed E-state index contributed by atoms with van der Waals surface area (Å²) in [4.78, 5) is 0.462. The zero-order valence-corrected chi connectivity index (χ0v) is 14.6. The first-order chi connectivity index (χ1) is 12.0. The van der Waals surface area contributed by atoms with Crippen molar-refractivity contribution in [2.45, 2.75) is 28.7 Å². The molecule has 1 atom stereocenters. The fraction of sp³-hybridized carbons (Fsp3) is 0.263. The minimum Gasteiger partial charge on any atom is -0.459 e. The van der Waals surface area contributed by atoms with Crippen LogP contribution in [0.1, 0.15) is 18.2 Å². The fourth-order valence-electron chi connectivity index (χ4n) is 3.40. The standard InChI is InChI=1S/C19H19NO4S/c1-19(12-21)18-16(9-10-20-19)15-8-7-14(11-17(15)24-18)25(22,23)13-5-3-2-4-6-13/h2-8,11,20-21H,9-10,12H2,1H3. The van der Waals surface area contributed by atoms with Crippen LogP contribution in [0.4, 0.5) is 0 Å². The van der Waals surface area contributed by atoms with Crippen LogP contribution >= 0.6 is 0 Å². The number of benzene rings is 2. The molecule has 130 valence electrons. The minimum absolute atomic E-state index is 0.0883. The van der Waals surface area contributed by atoms with Crippen LogP contribution < -0.4 is 5.32 Å². The summed E-state index contributed by atoms with van der Waals surface area (Å²) < 4.78 is 31.6. The Morgan fingerprint density at radius 1 is 1.16 bits per heavy atom. The molecule has 0 fully saturated rings. The second-order valence-corrected chi connectivity index (χ2v) is 8.50. The molecule has 0 saturated heterocycles. The van der Waals surface area contributed by atoms with E-state index in [9.17, 15) is 13.5 Å². The first kappa shape index (κ1) is 16.3. The molecule has 5 nitrogen and oxygen atoms in total. The molecule has 1 aliphatic heterocycles. The van der Waals surface area contributed by atoms with Crippen molar-refractivity contribution in [3.8, 4) is 0 Å². The molecule has 4 rings (SSSR count). The number of aliphatic hydroxyl groups excluding tert-OH is 1. The normalized spacial score (nSPS) is 20.6. The van der Waals surface area contributed by atoms with Crippen LogP contribution in [0.3, 0.4) is 0 Å². The van der Waals surface area contributed by atoms with Crippen LogP contribution in [0.15, 0.2) is 62.7 Å². The van der Waals surface area contributed by atoms with E-state index in [1.165, 1.54) is 0 Å². The summed E-state index contributed by atoms with van der Waals surface area (Å²) in [5, 5.41) is 13.9. The second-order valence-electron chi connectivity index (χ2n) is 6.55. The molecule has 6 heteroatoms. The van der Waals surface area contributed by atoms with Crippen LogP contribution in [0.2, 0.25) is 0 Å². The number of furan rings is 1. The molecule has 1 aliphatic rings. The molecule has 0 aliphatic carbocycles. The molecule has 1 unspecified atom stereocenters. The zero-order chi connectivity index (χ0) is 17.7. The van der Waals surface area contributed by atoms with Gasteiger partial charge in [0.25, 0.3) is 0 Å². The van der Waals surface area contributed by atoms with Gasteiger partial charge >= 0.3 is 0 Å². The molecule has 2 heterocycles. The van der Waals surface area contributed by atoms with Crippen molar-refractivity contribution < 1.29 is 17.9 Å². The maximum atomic E-state index is 12.8. The lowest BCUT2D eigenvalue weighted by molar-refractivity contribution is 0.147. The van der Waals surface area contributed by atoms with E-state index < -0.39 is 15.4 Å². The summed E-state index contributed by atoms with van der Waals surface area (Å²) in [6.45, 7) is 2.53. The molecule has 1 aromatic heterocycles. The van der Waals surface area contributed by atoms with Crippen molar-refractivity contribution in [1.82, 2.24) is 5.32 Å². The molecule has 0 bridgehead atoms. The lowest BCUT2D eigenvalue weighted by Gasteiger charge is -2.31. The molecule has 2 aromatic carbocycles. The Kier molecular flexibility index (Phi) is 3.72. The van der Waals surface area contributed by atoms with Gasteiger partial charge in [0.2, 0.25) is 9.84 Å². The number of hydrogen-bond acceptors (Lipinski definition) is 5. The third-order valence-corrected chi connectivity index (χ3v) is 6.60. The van der Waals surface area contributed by atoms with E-state index in [0.717, 1.165) is 23.9 Å². The van der Waals surface area contributed by atoms with E-state index >= 15 is 0 Å². The Hall–Kier alpha value is -2.15. The number of hydrogen-bond donors (Lipinski definition) is 2. The van der Waals surface area contributed by atoms with Crippen LogP contribution in [0.5, 0.6) is 0 Å². The Labute approximate surface area is 146 Å². The van der Waals surface area contributed by atoms with Crippen molar-refractivity contribution in [1.29, 1.82) is 0 Å². The van der Waals surface area contributed by atoms with Crippen molar-refractivity contribution in [3.63, 3.8) is 0 Å². The van der Waals surface area contributed by atoms with Gasteiger partial charge in [-0.15, -0.1) is 0 Å². The Morgan fingerprint density at radius 3 is 2.64 bits per heavy atom. The van der Waals surface area contributed by atoms with E-state index in [4.69, 9.17) is 4.42 Å². The smallest absolute Gasteiger partial charge is 0.206 e. The van der Waals surface area contributed by atoms with Gasteiger partial charge in [-0.1, -0.05) is 18.2 Å². The summed E-state index contributed by atoms with van der Waals surface area (Å²) in [5.41, 5.74) is 0.921. The first-order valence-electron chi connectivity index (χ1n) is 8.18. The molecule has 0 amide bonds. The first-order valence-corrected chi connectivity index (χ1v) is 9.66. The summed E-state index contributed by atoms with van der Waals surface area (Å²) in [6.07, 6.45) is 0.780. The predicted molar refractivity (Wildman–Crippen MR) is 94.3 cm³/mol. The number of fused-ring (bicyclic) bond motifs is 3. The van der Waals surface area contributed by atoms with E-state index in [2.05, 4.69) is 5.32 Å². The highest BCUT2D eigenvalue weighted by molar-refractivity contribution is 7.91. The van der Waals surface area contributed by atoms with Crippen molar-refractivity contribution in [3.05, 3.63) is 59.9 Å². The molecule has 0 spiro atoms. The molecule has 0 saturated carbocycles. The lowest BCUT2D eigenvalue weighted by Crippen LogP contribution is -2.47. The van der Waals surface area contributed by atoms with Crippen LogP contribution in [0, 0.1) is 0 Å². The van der Waals surface area contributed by atoms with Crippen LogP contribution in [-0.4, -0.2) is 26.7 Å². The number of nitrogens with one attached hydrogen (secondary N) is 1. The average molecular weight is 357 g/mol. The van der Waals surface area contributed by atoms with Crippen molar-refractivity contribution >= 4 is 20.8 Å². The topological polar surface area (TPSA) is 79.5 Å². The maximum absolute atomic E-state index is 12.8.